The number of Topliss-reactive ketones (excluding diaryl/α,β-unsaturated/α-hetero) is 1. The highest BCUT2D eigenvalue weighted by Crippen LogP contribution is 2.35. The van der Waals surface area contributed by atoms with Crippen molar-refractivity contribution in [2.45, 2.75) is 32.9 Å². The zero-order valence-electron chi connectivity index (χ0n) is 17.4. The van der Waals surface area contributed by atoms with Gasteiger partial charge in [0.1, 0.15) is 11.4 Å². The Morgan fingerprint density at radius 2 is 1.87 bits per heavy atom. The SMILES string of the molecule is CC(=O)c1cncc(-c2nc(N3CCOCC3)c3nc4n(c3n2)CCOC4(C)C)c1. The van der Waals surface area contributed by atoms with Gasteiger partial charge in [-0.05, 0) is 26.8 Å². The topological polar surface area (TPSA) is 95.3 Å². The molecule has 0 amide bonds. The molecule has 1 fully saturated rings. The molecule has 1 saturated heterocycles. The molecule has 2 aliphatic heterocycles. The molecule has 5 heterocycles. The van der Waals surface area contributed by atoms with Gasteiger partial charge in [0, 0.05) is 43.2 Å². The number of aromatic nitrogens is 5. The van der Waals surface area contributed by atoms with Crippen molar-refractivity contribution in [2.75, 3.05) is 37.8 Å². The van der Waals surface area contributed by atoms with Crippen LogP contribution in [0.15, 0.2) is 18.5 Å². The summed E-state index contributed by atoms with van der Waals surface area (Å²) in [5.41, 5.74) is 2.29. The molecule has 0 spiro atoms. The van der Waals surface area contributed by atoms with Crippen molar-refractivity contribution < 1.29 is 14.3 Å². The van der Waals surface area contributed by atoms with Crippen molar-refractivity contribution in [3.63, 3.8) is 0 Å². The van der Waals surface area contributed by atoms with Crippen molar-refractivity contribution in [1.82, 2.24) is 24.5 Å². The third kappa shape index (κ3) is 3.14. The van der Waals surface area contributed by atoms with E-state index in [0.29, 0.717) is 43.3 Å². The van der Waals surface area contributed by atoms with Gasteiger partial charge in [0.25, 0.3) is 0 Å². The average molecular weight is 408 g/mol. The minimum Gasteiger partial charge on any atom is -0.378 e. The van der Waals surface area contributed by atoms with Gasteiger partial charge in [-0.3, -0.25) is 9.78 Å². The van der Waals surface area contributed by atoms with E-state index in [0.717, 1.165) is 35.9 Å². The van der Waals surface area contributed by atoms with Gasteiger partial charge in [0.15, 0.2) is 28.6 Å². The second-order valence-electron chi connectivity index (χ2n) is 8.11. The van der Waals surface area contributed by atoms with E-state index in [-0.39, 0.29) is 5.78 Å². The number of fused-ring (bicyclic) bond motifs is 3. The molecular weight excluding hydrogens is 384 g/mol. The highest BCUT2D eigenvalue weighted by Gasteiger charge is 2.34. The summed E-state index contributed by atoms with van der Waals surface area (Å²) in [6.07, 6.45) is 3.25. The van der Waals surface area contributed by atoms with Crippen LogP contribution in [0.3, 0.4) is 0 Å². The predicted molar refractivity (Wildman–Crippen MR) is 111 cm³/mol. The number of ether oxygens (including phenoxy) is 2. The Balaban J connectivity index is 1.74. The van der Waals surface area contributed by atoms with Crippen LogP contribution in [0.2, 0.25) is 0 Å². The van der Waals surface area contributed by atoms with Crippen molar-refractivity contribution in [1.29, 1.82) is 0 Å². The summed E-state index contributed by atoms with van der Waals surface area (Å²) in [4.78, 5) is 32.9. The number of carbonyl (C=O) groups excluding carboxylic acids is 1. The second-order valence-corrected chi connectivity index (χ2v) is 8.11. The Bertz CT molecular complexity index is 1130. The smallest absolute Gasteiger partial charge is 0.166 e. The fourth-order valence-electron chi connectivity index (χ4n) is 3.99. The van der Waals surface area contributed by atoms with Gasteiger partial charge in [-0.2, -0.15) is 0 Å². The number of carbonyl (C=O) groups is 1. The number of anilines is 1. The molecule has 3 aromatic rings. The van der Waals surface area contributed by atoms with E-state index in [1.54, 1.807) is 18.5 Å². The molecule has 0 aliphatic carbocycles. The second kappa shape index (κ2) is 7.10. The van der Waals surface area contributed by atoms with Crippen LogP contribution >= 0.6 is 0 Å². The summed E-state index contributed by atoms with van der Waals surface area (Å²) in [5.74, 6) is 2.12. The normalized spacial score (nSPS) is 18.4. The van der Waals surface area contributed by atoms with Crippen LogP contribution in [-0.4, -0.2) is 63.2 Å². The van der Waals surface area contributed by atoms with E-state index < -0.39 is 5.60 Å². The van der Waals surface area contributed by atoms with Gasteiger partial charge in [-0.25, -0.2) is 15.0 Å². The van der Waals surface area contributed by atoms with E-state index >= 15 is 0 Å². The molecule has 156 valence electrons. The molecule has 30 heavy (non-hydrogen) atoms. The lowest BCUT2D eigenvalue weighted by Gasteiger charge is -2.30. The monoisotopic (exact) mass is 408 g/mol. The van der Waals surface area contributed by atoms with Crippen LogP contribution in [-0.2, 0) is 21.6 Å². The van der Waals surface area contributed by atoms with Gasteiger partial charge in [-0.15, -0.1) is 0 Å². The first kappa shape index (κ1) is 19.1. The molecule has 0 bridgehead atoms. The molecule has 2 aliphatic rings. The minimum atomic E-state index is -0.502. The molecule has 0 N–H and O–H groups in total. The minimum absolute atomic E-state index is 0.0422. The number of pyridine rings is 1. The molecule has 0 unspecified atom stereocenters. The van der Waals surface area contributed by atoms with E-state index in [1.165, 1.54) is 6.92 Å². The van der Waals surface area contributed by atoms with Crippen LogP contribution in [0, 0.1) is 0 Å². The molecule has 0 atom stereocenters. The summed E-state index contributed by atoms with van der Waals surface area (Å²) >= 11 is 0. The largest absolute Gasteiger partial charge is 0.378 e. The molecule has 3 aromatic heterocycles. The average Bonchev–Trinajstić information content (AvgIpc) is 3.14. The van der Waals surface area contributed by atoms with Crippen molar-refractivity contribution in [3.05, 3.63) is 29.8 Å². The zero-order valence-corrected chi connectivity index (χ0v) is 17.4. The summed E-state index contributed by atoms with van der Waals surface area (Å²) < 4.78 is 13.6. The van der Waals surface area contributed by atoms with Crippen LogP contribution in [0.4, 0.5) is 5.82 Å². The zero-order chi connectivity index (χ0) is 20.9. The number of nitrogens with zero attached hydrogens (tertiary/aromatic N) is 6. The number of morpholine rings is 1. The fraction of sp³-hybridized carbons (Fsp3) is 0.476. The Kier molecular flexibility index (Phi) is 4.52. The van der Waals surface area contributed by atoms with Crippen molar-refractivity contribution in [3.8, 4) is 11.4 Å². The summed E-state index contributed by atoms with van der Waals surface area (Å²) in [6, 6.07) is 1.79. The standard InChI is InChI=1S/C21H24N6O3/c1-13(28)14-10-15(12-22-11-14)17-24-18(26-4-7-29-8-5-26)16-19(25-17)27-6-9-30-21(2,3)20(27)23-16/h10-12H,4-9H2,1-3H3. The Labute approximate surface area is 174 Å². The summed E-state index contributed by atoms with van der Waals surface area (Å²) in [7, 11) is 0. The van der Waals surface area contributed by atoms with E-state index in [1.807, 2.05) is 13.8 Å². The highest BCUT2D eigenvalue weighted by molar-refractivity contribution is 5.95. The Morgan fingerprint density at radius 3 is 2.63 bits per heavy atom. The predicted octanol–water partition coefficient (Wildman–Crippen LogP) is 2.19. The number of hydrogen-bond donors (Lipinski definition) is 0. The first-order chi connectivity index (χ1) is 14.4. The molecule has 0 radical (unpaired) electrons. The maximum atomic E-state index is 11.8. The third-order valence-corrected chi connectivity index (χ3v) is 5.61. The van der Waals surface area contributed by atoms with E-state index in [2.05, 4.69) is 14.5 Å². The summed E-state index contributed by atoms with van der Waals surface area (Å²) in [5, 5.41) is 0. The van der Waals surface area contributed by atoms with Gasteiger partial charge in [0.2, 0.25) is 0 Å². The fourth-order valence-corrected chi connectivity index (χ4v) is 3.99. The molecule has 5 rings (SSSR count). The number of hydrogen-bond acceptors (Lipinski definition) is 8. The lowest BCUT2D eigenvalue weighted by atomic mass is 10.1. The Morgan fingerprint density at radius 1 is 1.07 bits per heavy atom. The number of rotatable bonds is 3. The highest BCUT2D eigenvalue weighted by atomic mass is 16.5. The summed E-state index contributed by atoms with van der Waals surface area (Å²) in [6.45, 7) is 9.60. The quantitative estimate of drug-likeness (QED) is 0.609. The van der Waals surface area contributed by atoms with Crippen LogP contribution in [0.1, 0.15) is 37.0 Å². The molecule has 0 saturated carbocycles. The lowest BCUT2D eigenvalue weighted by Crippen LogP contribution is -2.37. The molecular formula is C21H24N6O3. The molecule has 0 aromatic carbocycles. The Hall–Kier alpha value is -2.91. The van der Waals surface area contributed by atoms with Crippen LogP contribution in [0.25, 0.3) is 22.6 Å². The van der Waals surface area contributed by atoms with Gasteiger partial charge < -0.3 is 18.9 Å². The van der Waals surface area contributed by atoms with Crippen LogP contribution < -0.4 is 4.90 Å². The number of ketones is 1. The van der Waals surface area contributed by atoms with E-state index in [9.17, 15) is 4.79 Å². The van der Waals surface area contributed by atoms with Gasteiger partial charge >= 0.3 is 0 Å². The first-order valence-electron chi connectivity index (χ1n) is 10.2. The molecule has 9 nitrogen and oxygen atoms in total. The molecule has 9 heteroatoms. The van der Waals surface area contributed by atoms with Gasteiger partial charge in [0.05, 0.1) is 19.8 Å². The van der Waals surface area contributed by atoms with Crippen molar-refractivity contribution >= 4 is 22.8 Å². The van der Waals surface area contributed by atoms with Crippen LogP contribution in [0.5, 0.6) is 0 Å². The third-order valence-electron chi connectivity index (χ3n) is 5.61. The number of imidazole rings is 1. The first-order valence-corrected chi connectivity index (χ1v) is 10.2. The lowest BCUT2D eigenvalue weighted by molar-refractivity contribution is -0.0530. The van der Waals surface area contributed by atoms with Crippen molar-refractivity contribution in [2.24, 2.45) is 0 Å². The maximum absolute atomic E-state index is 11.8. The van der Waals surface area contributed by atoms with Gasteiger partial charge in [-0.1, -0.05) is 0 Å². The van der Waals surface area contributed by atoms with E-state index in [4.69, 9.17) is 24.4 Å². The maximum Gasteiger partial charge on any atom is 0.166 e.